The predicted octanol–water partition coefficient (Wildman–Crippen LogP) is 7.14. The second kappa shape index (κ2) is 6.66. The number of allylic oxidation sites excluding steroid dienone is 2. The van der Waals surface area contributed by atoms with Crippen LogP contribution in [0.1, 0.15) is 113 Å². The Morgan fingerprint density at radius 1 is 0.656 bits per heavy atom. The van der Waals surface area contributed by atoms with Gasteiger partial charge in [-0.2, -0.15) is 0 Å². The molecule has 5 rings (SSSR count). The highest BCUT2D eigenvalue weighted by Crippen LogP contribution is 2.76. The van der Waals surface area contributed by atoms with Crippen LogP contribution in [0, 0.1) is 50.2 Å². The molecule has 2 heteroatoms. The van der Waals surface area contributed by atoms with Gasteiger partial charge in [0.15, 0.2) is 0 Å². The van der Waals surface area contributed by atoms with E-state index in [1.807, 2.05) is 0 Å². The summed E-state index contributed by atoms with van der Waals surface area (Å²) in [5.41, 5.74) is 2.91. The van der Waals surface area contributed by atoms with E-state index in [-0.39, 0.29) is 33.9 Å². The zero-order valence-corrected chi connectivity index (χ0v) is 22.2. The lowest BCUT2D eigenvalue weighted by Gasteiger charge is -2.72. The quantitative estimate of drug-likeness (QED) is 0.391. The monoisotopic (exact) mass is 442 g/mol. The lowest BCUT2D eigenvalue weighted by molar-refractivity contribution is -0.208. The molecule has 2 N–H and O–H groups in total. The number of hydrogen-bond acceptors (Lipinski definition) is 2. The Morgan fingerprint density at radius 3 is 1.88 bits per heavy atom. The summed E-state index contributed by atoms with van der Waals surface area (Å²) < 4.78 is 0. The smallest absolute Gasteiger partial charge is 0.0594 e. The molecule has 0 amide bonds. The standard InChI is InChI=1S/C30H50O2/c1-25(2)19-11-17-29(7)21(27(19,5)15-13-23(25)31)9-10-22-28(6)16-14-24(32)26(3,4)20(28)12-18-30(22,29)8/h9,19-20,22-24,31-32H,10-18H2,1-8H3. The second-order valence-electron chi connectivity index (χ2n) is 15.0. The molecule has 0 aliphatic heterocycles. The number of hydrogen-bond donors (Lipinski definition) is 2. The molecule has 0 aromatic carbocycles. The molecule has 4 fully saturated rings. The van der Waals surface area contributed by atoms with Crippen molar-refractivity contribution in [2.24, 2.45) is 50.2 Å². The maximum atomic E-state index is 10.9. The molecule has 0 heterocycles. The summed E-state index contributed by atoms with van der Waals surface area (Å²) in [5, 5.41) is 21.8. The molecule has 32 heavy (non-hydrogen) atoms. The van der Waals surface area contributed by atoms with E-state index in [9.17, 15) is 10.2 Å². The highest BCUT2D eigenvalue weighted by molar-refractivity contribution is 5.36. The maximum absolute atomic E-state index is 10.9. The summed E-state index contributed by atoms with van der Waals surface area (Å²) in [4.78, 5) is 0. The summed E-state index contributed by atoms with van der Waals surface area (Å²) >= 11 is 0. The molecule has 2 nitrogen and oxygen atoms in total. The Kier molecular flexibility index (Phi) is 4.87. The van der Waals surface area contributed by atoms with Crippen molar-refractivity contribution >= 4 is 0 Å². The van der Waals surface area contributed by atoms with Crippen LogP contribution in [-0.2, 0) is 0 Å². The van der Waals surface area contributed by atoms with E-state index in [1.54, 1.807) is 5.57 Å². The van der Waals surface area contributed by atoms with Crippen molar-refractivity contribution < 1.29 is 10.2 Å². The van der Waals surface area contributed by atoms with E-state index in [0.717, 1.165) is 19.3 Å². The lowest BCUT2D eigenvalue weighted by Crippen LogP contribution is -2.65. The minimum absolute atomic E-state index is 0.0000945. The molecular formula is C30H50O2. The van der Waals surface area contributed by atoms with Crippen LogP contribution >= 0.6 is 0 Å². The van der Waals surface area contributed by atoms with Crippen molar-refractivity contribution in [3.63, 3.8) is 0 Å². The molecule has 0 spiro atoms. The number of aliphatic hydroxyl groups excluding tert-OH is 2. The Balaban J connectivity index is 1.59. The van der Waals surface area contributed by atoms with Gasteiger partial charge < -0.3 is 10.2 Å². The van der Waals surface area contributed by atoms with Gasteiger partial charge in [0.05, 0.1) is 12.2 Å². The molecule has 5 aliphatic carbocycles. The van der Waals surface area contributed by atoms with E-state index in [2.05, 4.69) is 61.5 Å². The summed E-state index contributed by atoms with van der Waals surface area (Å²) in [6.45, 7) is 19.8. The van der Waals surface area contributed by atoms with Crippen molar-refractivity contribution in [3.05, 3.63) is 11.6 Å². The van der Waals surface area contributed by atoms with Gasteiger partial charge in [-0.15, -0.1) is 0 Å². The zero-order valence-electron chi connectivity index (χ0n) is 22.2. The first kappa shape index (κ1) is 23.4. The zero-order chi connectivity index (χ0) is 23.5. The number of rotatable bonds is 0. The molecule has 0 bridgehead atoms. The van der Waals surface area contributed by atoms with Gasteiger partial charge >= 0.3 is 0 Å². The van der Waals surface area contributed by atoms with Crippen LogP contribution in [0.5, 0.6) is 0 Å². The van der Waals surface area contributed by atoms with E-state index < -0.39 is 0 Å². The molecule has 5 aliphatic rings. The van der Waals surface area contributed by atoms with Crippen LogP contribution in [-0.4, -0.2) is 22.4 Å². The average Bonchev–Trinajstić information content (AvgIpc) is 2.69. The van der Waals surface area contributed by atoms with Crippen LogP contribution in [0.4, 0.5) is 0 Å². The predicted molar refractivity (Wildman–Crippen MR) is 132 cm³/mol. The van der Waals surface area contributed by atoms with Crippen molar-refractivity contribution in [3.8, 4) is 0 Å². The van der Waals surface area contributed by atoms with Crippen LogP contribution in [0.3, 0.4) is 0 Å². The van der Waals surface area contributed by atoms with Gasteiger partial charge in [0, 0.05) is 0 Å². The summed E-state index contributed by atoms with van der Waals surface area (Å²) in [7, 11) is 0. The first-order valence-electron chi connectivity index (χ1n) is 13.7. The van der Waals surface area contributed by atoms with Gasteiger partial charge in [-0.05, 0) is 108 Å². The first-order chi connectivity index (χ1) is 14.7. The summed E-state index contributed by atoms with van der Waals surface area (Å²) in [6, 6.07) is 0. The topological polar surface area (TPSA) is 40.5 Å². The molecule has 182 valence electrons. The SMILES string of the molecule is CC12CCC(O)C(C)(C)C1CCC1(C)C2=CCC2C3(C)CCC(O)C(C)(C)C3CCC21C. The molecule has 0 radical (unpaired) electrons. The van der Waals surface area contributed by atoms with Gasteiger partial charge in [0.1, 0.15) is 0 Å². The summed E-state index contributed by atoms with van der Waals surface area (Å²) in [5.74, 6) is 1.90. The molecule has 0 aromatic heterocycles. The number of fused-ring (bicyclic) bond motifs is 7. The fraction of sp³-hybridized carbons (Fsp3) is 0.933. The van der Waals surface area contributed by atoms with E-state index in [0.29, 0.717) is 28.6 Å². The molecule has 4 saturated carbocycles. The molecule has 0 saturated heterocycles. The minimum atomic E-state index is -0.164. The normalized spacial score (nSPS) is 56.2. The largest absolute Gasteiger partial charge is 0.393 e. The van der Waals surface area contributed by atoms with Crippen molar-refractivity contribution in [1.82, 2.24) is 0 Å². The Morgan fingerprint density at radius 2 is 1.22 bits per heavy atom. The van der Waals surface area contributed by atoms with Crippen LogP contribution in [0.2, 0.25) is 0 Å². The van der Waals surface area contributed by atoms with Crippen molar-refractivity contribution in [2.45, 2.75) is 125 Å². The fourth-order valence-corrected chi connectivity index (χ4v) is 11.3. The first-order valence-corrected chi connectivity index (χ1v) is 13.7. The van der Waals surface area contributed by atoms with Gasteiger partial charge in [-0.1, -0.05) is 67.0 Å². The maximum Gasteiger partial charge on any atom is 0.0594 e. The highest BCUT2D eigenvalue weighted by atomic mass is 16.3. The van der Waals surface area contributed by atoms with Crippen molar-refractivity contribution in [2.75, 3.05) is 0 Å². The van der Waals surface area contributed by atoms with Gasteiger partial charge in [-0.25, -0.2) is 0 Å². The minimum Gasteiger partial charge on any atom is -0.393 e. The van der Waals surface area contributed by atoms with Crippen LogP contribution in [0.15, 0.2) is 11.6 Å². The van der Waals surface area contributed by atoms with Crippen LogP contribution < -0.4 is 0 Å². The third-order valence-electron chi connectivity index (χ3n) is 13.5. The lowest BCUT2D eigenvalue weighted by atomic mass is 9.32. The molecule has 9 atom stereocenters. The third kappa shape index (κ3) is 2.55. The summed E-state index contributed by atoms with van der Waals surface area (Å²) in [6.07, 6.45) is 12.9. The Labute approximate surface area is 197 Å². The van der Waals surface area contributed by atoms with Gasteiger partial charge in [0.25, 0.3) is 0 Å². The van der Waals surface area contributed by atoms with Gasteiger partial charge in [-0.3, -0.25) is 0 Å². The number of aliphatic hydroxyl groups is 2. The van der Waals surface area contributed by atoms with Crippen molar-refractivity contribution in [1.29, 1.82) is 0 Å². The highest BCUT2D eigenvalue weighted by Gasteiger charge is 2.69. The third-order valence-corrected chi connectivity index (χ3v) is 13.5. The van der Waals surface area contributed by atoms with E-state index in [1.165, 1.54) is 38.5 Å². The van der Waals surface area contributed by atoms with E-state index in [4.69, 9.17) is 0 Å². The van der Waals surface area contributed by atoms with E-state index >= 15 is 0 Å². The van der Waals surface area contributed by atoms with Gasteiger partial charge in [0.2, 0.25) is 0 Å². The Bertz CT molecular complexity index is 825. The van der Waals surface area contributed by atoms with Crippen LogP contribution in [0.25, 0.3) is 0 Å². The fourth-order valence-electron chi connectivity index (χ4n) is 11.3. The average molecular weight is 443 g/mol. The molecule has 0 aromatic rings. The molecule has 9 unspecified atom stereocenters. The second-order valence-corrected chi connectivity index (χ2v) is 15.0. The Hall–Kier alpha value is -0.340. The molecular weight excluding hydrogens is 392 g/mol.